The monoisotopic (exact) mass is 239 g/mol. The largest absolute Gasteiger partial charge is 0.481 e. The van der Waals surface area contributed by atoms with Gasteiger partial charge < -0.3 is 10.4 Å². The maximum Gasteiger partial charge on any atom is 0.307 e. The average Bonchev–Trinajstić information content (AvgIpc) is 2.83. The van der Waals surface area contributed by atoms with E-state index >= 15 is 0 Å². The zero-order chi connectivity index (χ0) is 12.6. The first-order valence-electron chi connectivity index (χ1n) is 6.56. The summed E-state index contributed by atoms with van der Waals surface area (Å²) >= 11 is 0. The predicted molar refractivity (Wildman–Crippen MR) is 63.3 cm³/mol. The van der Waals surface area contributed by atoms with Crippen molar-refractivity contribution < 1.29 is 14.7 Å². The zero-order valence-corrected chi connectivity index (χ0v) is 10.5. The highest BCUT2D eigenvalue weighted by molar-refractivity contribution is 5.85. The highest BCUT2D eigenvalue weighted by atomic mass is 16.4. The Balaban J connectivity index is 1.96. The Morgan fingerprint density at radius 3 is 2.29 bits per heavy atom. The minimum Gasteiger partial charge on any atom is -0.481 e. The first kappa shape index (κ1) is 12.4. The van der Waals surface area contributed by atoms with Crippen molar-refractivity contribution in [3.05, 3.63) is 0 Å². The lowest BCUT2D eigenvalue weighted by atomic mass is 9.95. The average molecular weight is 239 g/mol. The molecule has 2 fully saturated rings. The first-order chi connectivity index (χ1) is 8.02. The predicted octanol–water partition coefficient (Wildman–Crippen LogP) is 1.65. The summed E-state index contributed by atoms with van der Waals surface area (Å²) in [5.41, 5.74) is 0. The summed E-state index contributed by atoms with van der Waals surface area (Å²) in [7, 11) is 0. The fourth-order valence-corrected chi connectivity index (χ4v) is 2.85. The molecule has 5 atom stereocenters. The van der Waals surface area contributed by atoms with Crippen molar-refractivity contribution in [2.45, 2.75) is 45.6 Å². The molecule has 0 bridgehead atoms. The van der Waals surface area contributed by atoms with Crippen molar-refractivity contribution in [3.63, 3.8) is 0 Å². The first-order valence-corrected chi connectivity index (χ1v) is 6.56. The number of carbonyl (C=O) groups is 2. The summed E-state index contributed by atoms with van der Waals surface area (Å²) in [5.74, 6) is -0.694. The second-order valence-corrected chi connectivity index (χ2v) is 5.62. The second kappa shape index (κ2) is 4.67. The van der Waals surface area contributed by atoms with Crippen LogP contribution in [0.4, 0.5) is 0 Å². The van der Waals surface area contributed by atoms with E-state index in [2.05, 4.69) is 19.2 Å². The molecular formula is C13H21NO3. The fourth-order valence-electron chi connectivity index (χ4n) is 2.85. The van der Waals surface area contributed by atoms with Gasteiger partial charge >= 0.3 is 5.97 Å². The minimum atomic E-state index is -0.815. The molecule has 0 saturated heterocycles. The van der Waals surface area contributed by atoms with E-state index in [-0.39, 0.29) is 17.9 Å². The molecule has 2 aliphatic carbocycles. The molecule has 0 radical (unpaired) electrons. The van der Waals surface area contributed by atoms with Crippen LogP contribution in [0.25, 0.3) is 0 Å². The van der Waals surface area contributed by atoms with Crippen molar-refractivity contribution in [2.75, 3.05) is 0 Å². The minimum absolute atomic E-state index is 0.0392. The molecule has 1 amide bonds. The van der Waals surface area contributed by atoms with E-state index in [9.17, 15) is 9.59 Å². The number of rotatable bonds is 4. The molecule has 0 spiro atoms. The summed E-state index contributed by atoms with van der Waals surface area (Å²) in [5, 5.41) is 12.1. The van der Waals surface area contributed by atoms with Gasteiger partial charge in [0.15, 0.2) is 0 Å². The summed E-state index contributed by atoms with van der Waals surface area (Å²) in [4.78, 5) is 23.2. The molecule has 4 heteroatoms. The van der Waals surface area contributed by atoms with Gasteiger partial charge in [-0.15, -0.1) is 0 Å². The van der Waals surface area contributed by atoms with Crippen molar-refractivity contribution in [1.82, 2.24) is 5.32 Å². The molecule has 96 valence electrons. The van der Waals surface area contributed by atoms with Gasteiger partial charge in [0.1, 0.15) is 0 Å². The number of aliphatic carboxylic acids is 1. The molecule has 2 aliphatic rings. The van der Waals surface area contributed by atoms with Crippen molar-refractivity contribution in [3.8, 4) is 0 Å². The van der Waals surface area contributed by atoms with Crippen molar-refractivity contribution in [2.24, 2.45) is 23.7 Å². The Morgan fingerprint density at radius 2 is 1.82 bits per heavy atom. The van der Waals surface area contributed by atoms with Crippen LogP contribution in [-0.4, -0.2) is 23.0 Å². The molecule has 0 heterocycles. The second-order valence-electron chi connectivity index (χ2n) is 5.62. The van der Waals surface area contributed by atoms with Gasteiger partial charge in [-0.3, -0.25) is 9.59 Å². The number of carbonyl (C=O) groups excluding carboxylic acids is 1. The van der Waals surface area contributed by atoms with Crippen LogP contribution in [0.1, 0.15) is 39.5 Å². The molecule has 2 rings (SSSR count). The number of hydrogen-bond donors (Lipinski definition) is 2. The summed E-state index contributed by atoms with van der Waals surface area (Å²) in [6.45, 7) is 4.16. The Morgan fingerprint density at radius 1 is 1.24 bits per heavy atom. The number of amides is 1. The van der Waals surface area contributed by atoms with Gasteiger partial charge in [-0.05, 0) is 31.1 Å². The lowest BCUT2D eigenvalue weighted by molar-refractivity contribution is -0.146. The Kier molecular flexibility index (Phi) is 3.40. The van der Waals surface area contributed by atoms with Gasteiger partial charge in [-0.25, -0.2) is 0 Å². The molecule has 3 unspecified atom stereocenters. The molecule has 17 heavy (non-hydrogen) atoms. The molecule has 0 aromatic heterocycles. The number of carboxylic acid groups (broad SMARTS) is 1. The van der Waals surface area contributed by atoms with E-state index in [1.165, 1.54) is 0 Å². The molecule has 0 aromatic carbocycles. The van der Waals surface area contributed by atoms with Gasteiger partial charge in [0.2, 0.25) is 5.91 Å². The molecule has 2 saturated carbocycles. The van der Waals surface area contributed by atoms with Crippen molar-refractivity contribution in [1.29, 1.82) is 0 Å². The van der Waals surface area contributed by atoms with Gasteiger partial charge in [-0.2, -0.15) is 0 Å². The third-order valence-corrected chi connectivity index (χ3v) is 4.33. The molecule has 4 nitrogen and oxygen atoms in total. The van der Waals surface area contributed by atoms with Crippen LogP contribution in [0.5, 0.6) is 0 Å². The van der Waals surface area contributed by atoms with Crippen LogP contribution < -0.4 is 5.32 Å². The lowest BCUT2D eigenvalue weighted by Crippen LogP contribution is -2.36. The van der Waals surface area contributed by atoms with Crippen LogP contribution in [0.3, 0.4) is 0 Å². The Bertz CT molecular complexity index is 329. The zero-order valence-electron chi connectivity index (χ0n) is 10.5. The van der Waals surface area contributed by atoms with E-state index in [1.807, 2.05) is 0 Å². The molecule has 2 N–H and O–H groups in total. The summed E-state index contributed by atoms with van der Waals surface area (Å²) in [6, 6.07) is 0.289. The third-order valence-electron chi connectivity index (χ3n) is 4.33. The van der Waals surface area contributed by atoms with Crippen molar-refractivity contribution >= 4 is 11.9 Å². The topological polar surface area (TPSA) is 66.4 Å². The quantitative estimate of drug-likeness (QED) is 0.784. The Labute approximate surface area is 102 Å². The maximum atomic E-state index is 12.0. The highest BCUT2D eigenvalue weighted by Gasteiger charge is 2.44. The van der Waals surface area contributed by atoms with E-state index in [4.69, 9.17) is 5.11 Å². The smallest absolute Gasteiger partial charge is 0.307 e. The fraction of sp³-hybridized carbons (Fsp3) is 0.846. The van der Waals surface area contributed by atoms with Gasteiger partial charge in [0, 0.05) is 6.04 Å². The standard InChI is InChI=1S/C13H21NO3/c1-3-8-5-9(10(6-8)13(16)17)12(15)14-11-4-7(11)2/h7-11H,3-6H2,1-2H3,(H,14,15)(H,16,17)/t7?,8?,9-,10+,11?/m0/s1. The van der Waals surface area contributed by atoms with Crippen LogP contribution in [-0.2, 0) is 9.59 Å². The highest BCUT2D eigenvalue weighted by Crippen LogP contribution is 2.39. The number of hydrogen-bond acceptors (Lipinski definition) is 2. The SMILES string of the molecule is CCC1C[C@H](C(=O)NC2CC2C)[C@H](C(=O)O)C1. The van der Waals surface area contributed by atoms with Crippen LogP contribution in [0.2, 0.25) is 0 Å². The number of carboxylic acids is 1. The van der Waals surface area contributed by atoms with Gasteiger partial charge in [-0.1, -0.05) is 20.3 Å². The van der Waals surface area contributed by atoms with Crippen LogP contribution in [0.15, 0.2) is 0 Å². The molecule has 0 aliphatic heterocycles. The summed E-state index contributed by atoms with van der Waals surface area (Å²) < 4.78 is 0. The number of nitrogens with one attached hydrogen (secondary N) is 1. The lowest BCUT2D eigenvalue weighted by Gasteiger charge is -2.15. The van der Waals surface area contributed by atoms with E-state index in [1.54, 1.807) is 0 Å². The van der Waals surface area contributed by atoms with E-state index in [0.717, 1.165) is 19.3 Å². The van der Waals surface area contributed by atoms with E-state index in [0.29, 0.717) is 18.3 Å². The van der Waals surface area contributed by atoms with Crippen LogP contribution >= 0.6 is 0 Å². The normalized spacial score (nSPS) is 40.0. The molecule has 0 aromatic rings. The van der Waals surface area contributed by atoms with Gasteiger partial charge in [0.05, 0.1) is 11.8 Å². The Hall–Kier alpha value is -1.06. The maximum absolute atomic E-state index is 12.0. The summed E-state index contributed by atoms with van der Waals surface area (Å²) in [6.07, 6.45) is 3.39. The van der Waals surface area contributed by atoms with E-state index < -0.39 is 11.9 Å². The van der Waals surface area contributed by atoms with Gasteiger partial charge in [0.25, 0.3) is 0 Å². The molecular weight excluding hydrogens is 218 g/mol. The van der Waals surface area contributed by atoms with Crippen LogP contribution in [0, 0.1) is 23.7 Å². The third kappa shape index (κ3) is 2.61.